The third-order valence-corrected chi connectivity index (χ3v) is 5.42. The smallest absolute Gasteiger partial charge is 0.292 e. The van der Waals surface area contributed by atoms with E-state index in [9.17, 15) is 9.59 Å². The van der Waals surface area contributed by atoms with E-state index < -0.39 is 11.7 Å². The fraction of sp³-hybridized carbons (Fsp3) is 0.524. The first-order chi connectivity index (χ1) is 12.6. The van der Waals surface area contributed by atoms with Crippen LogP contribution in [0.2, 0.25) is 0 Å². The van der Waals surface area contributed by atoms with Crippen molar-refractivity contribution in [2.24, 2.45) is 0 Å². The van der Waals surface area contributed by atoms with Gasteiger partial charge in [0.15, 0.2) is 0 Å². The number of hydrogen-bond acceptors (Lipinski definition) is 3. The number of likely N-dealkylation sites (tertiary alicyclic amines) is 1. The number of para-hydroxylation sites is 1. The van der Waals surface area contributed by atoms with Gasteiger partial charge < -0.3 is 14.8 Å². The van der Waals surface area contributed by atoms with Gasteiger partial charge in [0.2, 0.25) is 0 Å². The topological polar surface area (TPSA) is 54.3 Å². The van der Waals surface area contributed by atoms with E-state index in [4.69, 9.17) is 0 Å². The summed E-state index contributed by atoms with van der Waals surface area (Å²) in [7, 11) is 0. The number of amides is 1. The predicted molar refractivity (Wildman–Crippen MR) is 105 cm³/mol. The minimum Gasteiger partial charge on any atom is -0.348 e. The molecule has 1 fully saturated rings. The van der Waals surface area contributed by atoms with Crippen LogP contribution in [0.4, 0.5) is 0 Å². The molecule has 1 aliphatic heterocycles. The van der Waals surface area contributed by atoms with Crippen molar-refractivity contribution in [3.05, 3.63) is 36.0 Å². The van der Waals surface area contributed by atoms with Crippen molar-refractivity contribution in [2.45, 2.75) is 45.6 Å². The molecule has 0 radical (unpaired) electrons. The zero-order chi connectivity index (χ0) is 18.5. The average molecular weight is 355 g/mol. The standard InChI is InChI=1S/C21H29N3O2/c1-3-16(2)24-15-18(17-9-5-6-10-19(17)24)20(25)21(26)22-11-14-23-12-7-4-8-13-23/h5-6,9-10,15-16H,3-4,7-8,11-14H2,1-2H3,(H,22,26)/t16-/m1/s1. The van der Waals surface area contributed by atoms with Gasteiger partial charge >= 0.3 is 0 Å². The summed E-state index contributed by atoms with van der Waals surface area (Å²) in [5.41, 5.74) is 1.50. The summed E-state index contributed by atoms with van der Waals surface area (Å²) in [6.07, 6.45) is 6.55. The van der Waals surface area contributed by atoms with Gasteiger partial charge in [-0.3, -0.25) is 9.59 Å². The number of nitrogens with one attached hydrogen (secondary N) is 1. The summed E-state index contributed by atoms with van der Waals surface area (Å²) in [5, 5.41) is 3.66. The molecular weight excluding hydrogens is 326 g/mol. The highest BCUT2D eigenvalue weighted by Crippen LogP contribution is 2.26. The average Bonchev–Trinajstić information content (AvgIpc) is 3.07. The van der Waals surface area contributed by atoms with Crippen molar-refractivity contribution < 1.29 is 9.59 Å². The lowest BCUT2D eigenvalue weighted by Crippen LogP contribution is -2.39. The van der Waals surface area contributed by atoms with Crippen LogP contribution >= 0.6 is 0 Å². The molecule has 1 amide bonds. The second kappa shape index (κ2) is 8.49. The van der Waals surface area contributed by atoms with Crippen molar-refractivity contribution in [1.29, 1.82) is 0 Å². The molecule has 0 unspecified atom stereocenters. The highest BCUT2D eigenvalue weighted by Gasteiger charge is 2.22. The fourth-order valence-corrected chi connectivity index (χ4v) is 3.66. The monoisotopic (exact) mass is 355 g/mol. The van der Waals surface area contributed by atoms with Crippen LogP contribution in [0.25, 0.3) is 10.9 Å². The number of carbonyl (C=O) groups is 2. The molecular formula is C21H29N3O2. The van der Waals surface area contributed by atoms with E-state index in [1.807, 2.05) is 30.5 Å². The summed E-state index contributed by atoms with van der Waals surface area (Å²) in [4.78, 5) is 27.5. The molecule has 1 saturated heterocycles. The largest absolute Gasteiger partial charge is 0.348 e. The minimum absolute atomic E-state index is 0.281. The Morgan fingerprint density at radius 2 is 1.88 bits per heavy atom. The van der Waals surface area contributed by atoms with Gasteiger partial charge in [-0.25, -0.2) is 0 Å². The van der Waals surface area contributed by atoms with Crippen LogP contribution in [0.1, 0.15) is 55.9 Å². The van der Waals surface area contributed by atoms with E-state index in [0.717, 1.165) is 37.0 Å². The number of benzene rings is 1. The Hall–Kier alpha value is -2.14. The van der Waals surface area contributed by atoms with Gasteiger partial charge in [0.1, 0.15) is 0 Å². The van der Waals surface area contributed by atoms with Gasteiger partial charge in [0.05, 0.1) is 5.56 Å². The number of Topliss-reactive ketones (excluding diaryl/α,β-unsaturated/α-hetero) is 1. The minimum atomic E-state index is -0.505. The zero-order valence-corrected chi connectivity index (χ0v) is 15.8. The first-order valence-corrected chi connectivity index (χ1v) is 9.76. The molecule has 1 N–H and O–H groups in total. The Labute approximate surface area is 155 Å². The molecule has 2 aromatic rings. The number of hydrogen-bond donors (Lipinski definition) is 1. The maximum atomic E-state index is 12.7. The number of rotatable bonds is 7. The number of fused-ring (bicyclic) bond motifs is 1. The molecule has 140 valence electrons. The second-order valence-electron chi connectivity index (χ2n) is 7.21. The maximum Gasteiger partial charge on any atom is 0.292 e. The molecule has 5 heteroatoms. The summed E-state index contributed by atoms with van der Waals surface area (Å²) in [6, 6.07) is 8.08. The molecule has 0 saturated carbocycles. The lowest BCUT2D eigenvalue weighted by atomic mass is 10.1. The number of nitrogens with zero attached hydrogens (tertiary/aromatic N) is 2. The van der Waals surface area contributed by atoms with Gasteiger partial charge in [-0.2, -0.15) is 0 Å². The van der Waals surface area contributed by atoms with Crippen molar-refractivity contribution in [3.8, 4) is 0 Å². The van der Waals surface area contributed by atoms with Crippen LogP contribution in [0, 0.1) is 0 Å². The normalized spacial score (nSPS) is 16.5. The van der Waals surface area contributed by atoms with E-state index in [0.29, 0.717) is 12.1 Å². The fourth-order valence-electron chi connectivity index (χ4n) is 3.66. The van der Waals surface area contributed by atoms with E-state index in [1.165, 1.54) is 19.3 Å². The summed E-state index contributed by atoms with van der Waals surface area (Å²) < 4.78 is 2.10. The zero-order valence-electron chi connectivity index (χ0n) is 15.8. The molecule has 0 spiro atoms. The Balaban J connectivity index is 1.69. The second-order valence-corrected chi connectivity index (χ2v) is 7.21. The third-order valence-electron chi connectivity index (χ3n) is 5.42. The number of ketones is 1. The Morgan fingerprint density at radius 3 is 2.62 bits per heavy atom. The molecule has 1 aromatic carbocycles. The highest BCUT2D eigenvalue weighted by molar-refractivity contribution is 6.45. The van der Waals surface area contributed by atoms with Gasteiger partial charge in [-0.05, 0) is 45.3 Å². The Kier molecular flexibility index (Phi) is 6.09. The molecule has 2 heterocycles. The summed E-state index contributed by atoms with van der Waals surface area (Å²) in [5.74, 6) is -0.948. The van der Waals surface area contributed by atoms with Crippen LogP contribution in [0.3, 0.4) is 0 Å². The molecule has 1 atom stereocenters. The quantitative estimate of drug-likeness (QED) is 0.612. The van der Waals surface area contributed by atoms with E-state index in [-0.39, 0.29) is 6.04 Å². The van der Waals surface area contributed by atoms with E-state index in [1.54, 1.807) is 0 Å². The molecule has 1 aliphatic rings. The van der Waals surface area contributed by atoms with Gasteiger partial charge in [0, 0.05) is 36.2 Å². The molecule has 0 aliphatic carbocycles. The first-order valence-electron chi connectivity index (χ1n) is 9.76. The van der Waals surface area contributed by atoms with Crippen LogP contribution < -0.4 is 5.32 Å². The Morgan fingerprint density at radius 1 is 1.15 bits per heavy atom. The van der Waals surface area contributed by atoms with Crippen LogP contribution in [-0.2, 0) is 4.79 Å². The predicted octanol–water partition coefficient (Wildman–Crippen LogP) is 3.40. The number of aromatic nitrogens is 1. The first kappa shape index (κ1) is 18.6. The molecule has 3 rings (SSSR count). The molecule has 5 nitrogen and oxygen atoms in total. The molecule has 1 aromatic heterocycles. The van der Waals surface area contributed by atoms with Gasteiger partial charge in [0.25, 0.3) is 11.7 Å². The van der Waals surface area contributed by atoms with Crippen molar-refractivity contribution in [2.75, 3.05) is 26.2 Å². The van der Waals surface area contributed by atoms with Gasteiger partial charge in [-0.15, -0.1) is 0 Å². The lowest BCUT2D eigenvalue weighted by Gasteiger charge is -2.26. The van der Waals surface area contributed by atoms with E-state index >= 15 is 0 Å². The highest BCUT2D eigenvalue weighted by atomic mass is 16.2. The van der Waals surface area contributed by atoms with Crippen molar-refractivity contribution in [1.82, 2.24) is 14.8 Å². The van der Waals surface area contributed by atoms with Crippen LogP contribution in [0.5, 0.6) is 0 Å². The molecule has 0 bridgehead atoms. The summed E-state index contributed by atoms with van der Waals surface area (Å²) >= 11 is 0. The van der Waals surface area contributed by atoms with E-state index in [2.05, 4.69) is 28.6 Å². The lowest BCUT2D eigenvalue weighted by molar-refractivity contribution is -0.117. The van der Waals surface area contributed by atoms with Crippen LogP contribution in [0.15, 0.2) is 30.5 Å². The molecule has 26 heavy (non-hydrogen) atoms. The van der Waals surface area contributed by atoms with Crippen molar-refractivity contribution in [3.63, 3.8) is 0 Å². The van der Waals surface area contributed by atoms with Crippen molar-refractivity contribution >= 4 is 22.6 Å². The Bertz CT molecular complexity index is 775. The SMILES string of the molecule is CC[C@@H](C)n1cc(C(=O)C(=O)NCCN2CCCCC2)c2ccccc21. The summed E-state index contributed by atoms with van der Waals surface area (Å²) in [6.45, 7) is 7.76. The van der Waals surface area contributed by atoms with Crippen LogP contribution in [-0.4, -0.2) is 47.3 Å². The maximum absolute atomic E-state index is 12.7. The number of piperidine rings is 1. The third kappa shape index (κ3) is 3.98. The number of carbonyl (C=O) groups excluding carboxylic acids is 2. The van der Waals surface area contributed by atoms with Gasteiger partial charge in [-0.1, -0.05) is 31.5 Å².